The number of nitrogens with two attached hydrogens (primary N) is 1. The molecule has 0 saturated heterocycles. The van der Waals surface area contributed by atoms with Gasteiger partial charge in [-0.3, -0.25) is 14.6 Å². The molecule has 1 atom stereocenters. The van der Waals surface area contributed by atoms with Gasteiger partial charge in [0.15, 0.2) is 0 Å². The number of aliphatic carboxylic acids is 1. The highest BCUT2D eigenvalue weighted by Gasteiger charge is 1.99. The Morgan fingerprint density at radius 2 is 2.07 bits per heavy atom. The normalized spacial score (nSPS) is 11.0. The van der Waals surface area contributed by atoms with Gasteiger partial charge in [0, 0.05) is 12.3 Å². The standard InChI is InChI=1S/C4H4N2O2.C3H7NO2/c7-3-1-2-5-4(8)6-3;1-2(4)3(5)6/h1-2H,(H2,5,6,7,8);2H,4H2,1H3,(H,5,6). The summed E-state index contributed by atoms with van der Waals surface area (Å²) in [6.45, 7) is 1.42. The number of H-pyrrole nitrogens is 2. The summed E-state index contributed by atoms with van der Waals surface area (Å²) in [7, 11) is 0. The fourth-order valence-electron chi connectivity index (χ4n) is 0.383. The quantitative estimate of drug-likeness (QED) is 0.438. The Bertz CT molecular complexity index is 367. The van der Waals surface area contributed by atoms with Crippen LogP contribution in [0.15, 0.2) is 21.9 Å². The highest BCUT2D eigenvalue weighted by Crippen LogP contribution is 1.68. The SMILES string of the molecule is CC(N)C(=O)O.O=c1cc[nH]c(=O)[nH]1. The summed E-state index contributed by atoms with van der Waals surface area (Å²) in [4.78, 5) is 34.2. The third-order valence-electron chi connectivity index (χ3n) is 1.08. The zero-order chi connectivity index (χ0) is 11.1. The summed E-state index contributed by atoms with van der Waals surface area (Å²) in [6, 6.07) is 0.506. The van der Waals surface area contributed by atoms with E-state index in [1.165, 1.54) is 19.2 Å². The van der Waals surface area contributed by atoms with Gasteiger partial charge in [0.2, 0.25) is 0 Å². The topological polar surface area (TPSA) is 129 Å². The molecule has 0 aliphatic heterocycles. The van der Waals surface area contributed by atoms with Crippen molar-refractivity contribution in [2.45, 2.75) is 13.0 Å². The molecule has 0 saturated carbocycles. The summed E-state index contributed by atoms with van der Waals surface area (Å²) in [5.41, 5.74) is 3.98. The van der Waals surface area contributed by atoms with E-state index in [0.717, 1.165) is 0 Å². The van der Waals surface area contributed by atoms with E-state index in [-0.39, 0.29) is 5.56 Å². The molecule has 78 valence electrons. The fourth-order valence-corrected chi connectivity index (χ4v) is 0.383. The molecule has 0 amide bonds. The number of hydrogen-bond donors (Lipinski definition) is 4. The minimum Gasteiger partial charge on any atom is -0.480 e. The predicted molar refractivity (Wildman–Crippen MR) is 49.0 cm³/mol. The highest BCUT2D eigenvalue weighted by atomic mass is 16.4. The van der Waals surface area contributed by atoms with E-state index in [4.69, 9.17) is 10.8 Å². The maximum atomic E-state index is 10.2. The van der Waals surface area contributed by atoms with E-state index < -0.39 is 17.7 Å². The van der Waals surface area contributed by atoms with E-state index in [0.29, 0.717) is 0 Å². The lowest BCUT2D eigenvalue weighted by atomic mass is 10.4. The maximum absolute atomic E-state index is 10.2. The predicted octanol–water partition coefficient (Wildman–Crippen LogP) is -1.52. The first kappa shape index (κ1) is 12.1. The molecule has 0 radical (unpaired) electrons. The van der Waals surface area contributed by atoms with Gasteiger partial charge in [-0.1, -0.05) is 0 Å². The Hall–Kier alpha value is -1.89. The second kappa shape index (κ2) is 5.70. The second-order valence-corrected chi connectivity index (χ2v) is 2.42. The first-order chi connectivity index (χ1) is 6.43. The molecule has 1 aromatic heterocycles. The number of aromatic nitrogens is 2. The van der Waals surface area contributed by atoms with Crippen molar-refractivity contribution in [1.82, 2.24) is 9.97 Å². The Morgan fingerprint density at radius 3 is 2.29 bits per heavy atom. The van der Waals surface area contributed by atoms with E-state index in [9.17, 15) is 14.4 Å². The lowest BCUT2D eigenvalue weighted by Gasteiger charge is -1.90. The van der Waals surface area contributed by atoms with Crippen LogP contribution in [0.5, 0.6) is 0 Å². The van der Waals surface area contributed by atoms with Gasteiger partial charge in [0.05, 0.1) is 0 Å². The lowest BCUT2D eigenvalue weighted by molar-refractivity contribution is -0.138. The van der Waals surface area contributed by atoms with Crippen LogP contribution in [0.1, 0.15) is 6.92 Å². The average Bonchev–Trinajstić information content (AvgIpc) is 2.04. The van der Waals surface area contributed by atoms with Crippen LogP contribution in [0, 0.1) is 0 Å². The molecule has 1 rings (SSSR count). The Morgan fingerprint density at radius 1 is 1.57 bits per heavy atom. The van der Waals surface area contributed by atoms with Crippen molar-refractivity contribution in [2.24, 2.45) is 5.73 Å². The third-order valence-corrected chi connectivity index (χ3v) is 1.08. The average molecular weight is 201 g/mol. The van der Waals surface area contributed by atoms with Crippen LogP contribution in [0.4, 0.5) is 0 Å². The summed E-state index contributed by atoms with van der Waals surface area (Å²) < 4.78 is 0. The number of nitrogens with one attached hydrogen (secondary N) is 2. The van der Waals surface area contributed by atoms with E-state index in [1.54, 1.807) is 0 Å². The molecule has 0 spiro atoms. The van der Waals surface area contributed by atoms with Gasteiger partial charge in [-0.15, -0.1) is 0 Å². The first-order valence-corrected chi connectivity index (χ1v) is 3.70. The molecule has 0 aromatic carbocycles. The largest absolute Gasteiger partial charge is 0.480 e. The van der Waals surface area contributed by atoms with Crippen LogP contribution in [-0.4, -0.2) is 27.1 Å². The maximum Gasteiger partial charge on any atom is 0.325 e. The molecule has 1 unspecified atom stereocenters. The summed E-state index contributed by atoms with van der Waals surface area (Å²) in [5, 5.41) is 7.87. The molecule has 1 aromatic rings. The smallest absolute Gasteiger partial charge is 0.325 e. The molecule has 1 heterocycles. The van der Waals surface area contributed by atoms with Gasteiger partial charge < -0.3 is 15.8 Å². The van der Waals surface area contributed by atoms with Crippen LogP contribution in [0.2, 0.25) is 0 Å². The molecule has 0 aliphatic rings. The third kappa shape index (κ3) is 5.72. The molecule has 0 fully saturated rings. The molecular weight excluding hydrogens is 190 g/mol. The number of hydrogen-bond acceptors (Lipinski definition) is 4. The van der Waals surface area contributed by atoms with Gasteiger partial charge in [-0.25, -0.2) is 4.79 Å². The molecule has 7 heteroatoms. The van der Waals surface area contributed by atoms with Crippen molar-refractivity contribution in [3.8, 4) is 0 Å². The minimum absolute atomic E-state index is 0.381. The molecule has 0 aliphatic carbocycles. The molecular formula is C7H11N3O4. The molecule has 7 nitrogen and oxygen atoms in total. The van der Waals surface area contributed by atoms with Crippen LogP contribution < -0.4 is 17.0 Å². The fraction of sp³-hybridized carbons (Fsp3) is 0.286. The van der Waals surface area contributed by atoms with Crippen molar-refractivity contribution in [3.63, 3.8) is 0 Å². The Balaban J connectivity index is 0.000000255. The summed E-state index contributed by atoms with van der Waals surface area (Å²) >= 11 is 0. The lowest BCUT2D eigenvalue weighted by Crippen LogP contribution is -2.25. The molecule has 5 N–H and O–H groups in total. The van der Waals surface area contributed by atoms with Gasteiger partial charge in [-0.05, 0) is 6.92 Å². The Labute approximate surface area is 78.6 Å². The van der Waals surface area contributed by atoms with Crippen molar-refractivity contribution >= 4 is 5.97 Å². The van der Waals surface area contributed by atoms with Gasteiger partial charge in [0.25, 0.3) is 5.56 Å². The number of carboxylic acids is 1. The highest BCUT2D eigenvalue weighted by molar-refractivity contribution is 5.72. The van der Waals surface area contributed by atoms with Gasteiger partial charge in [-0.2, -0.15) is 0 Å². The van der Waals surface area contributed by atoms with Crippen molar-refractivity contribution in [2.75, 3.05) is 0 Å². The number of rotatable bonds is 1. The Kier molecular flexibility index (Phi) is 4.93. The minimum atomic E-state index is -0.963. The van der Waals surface area contributed by atoms with Crippen LogP contribution in [-0.2, 0) is 4.79 Å². The van der Waals surface area contributed by atoms with Crippen LogP contribution in [0.3, 0.4) is 0 Å². The number of carboxylic acid groups (broad SMARTS) is 1. The van der Waals surface area contributed by atoms with Crippen molar-refractivity contribution < 1.29 is 9.90 Å². The van der Waals surface area contributed by atoms with Gasteiger partial charge in [0.1, 0.15) is 6.04 Å². The van der Waals surface area contributed by atoms with Crippen molar-refractivity contribution in [3.05, 3.63) is 33.1 Å². The van der Waals surface area contributed by atoms with Crippen molar-refractivity contribution in [1.29, 1.82) is 0 Å². The second-order valence-electron chi connectivity index (χ2n) is 2.42. The summed E-state index contributed by atoms with van der Waals surface area (Å²) in [6.07, 6.45) is 1.29. The first-order valence-electron chi connectivity index (χ1n) is 3.70. The van der Waals surface area contributed by atoms with E-state index >= 15 is 0 Å². The van der Waals surface area contributed by atoms with E-state index in [2.05, 4.69) is 4.98 Å². The zero-order valence-electron chi connectivity index (χ0n) is 7.48. The number of carbonyl (C=O) groups is 1. The van der Waals surface area contributed by atoms with Crippen LogP contribution >= 0.6 is 0 Å². The van der Waals surface area contributed by atoms with Gasteiger partial charge >= 0.3 is 11.7 Å². The zero-order valence-corrected chi connectivity index (χ0v) is 7.48. The number of aromatic amines is 2. The molecule has 0 bridgehead atoms. The molecule has 14 heavy (non-hydrogen) atoms. The monoisotopic (exact) mass is 201 g/mol. The van der Waals surface area contributed by atoms with E-state index in [1.807, 2.05) is 4.98 Å². The summed E-state index contributed by atoms with van der Waals surface area (Å²) in [5.74, 6) is -0.963. The van der Waals surface area contributed by atoms with Crippen LogP contribution in [0.25, 0.3) is 0 Å².